The number of anilines is 2. The van der Waals surface area contributed by atoms with Crippen LogP contribution in [0.2, 0.25) is 0 Å². The zero-order chi connectivity index (χ0) is 24.7. The highest BCUT2D eigenvalue weighted by atomic mass is 19.1. The lowest BCUT2D eigenvalue weighted by Gasteiger charge is -2.34. The monoisotopic (exact) mass is 479 g/mol. The predicted molar refractivity (Wildman–Crippen MR) is 132 cm³/mol. The number of carbonyl (C=O) groups is 3. The summed E-state index contributed by atoms with van der Waals surface area (Å²) in [6.45, 7) is 6.42. The molecule has 0 saturated carbocycles. The molecule has 1 aromatic carbocycles. The number of nitrogens with one attached hydrogen (secondary N) is 3. The maximum Gasteiger partial charge on any atom is 0.320 e. The highest BCUT2D eigenvalue weighted by Crippen LogP contribution is 2.35. The van der Waals surface area contributed by atoms with Gasteiger partial charge in [-0.3, -0.25) is 9.59 Å². The summed E-state index contributed by atoms with van der Waals surface area (Å²) in [4.78, 5) is 45.4. The maximum absolute atomic E-state index is 13.8. The Morgan fingerprint density at radius 3 is 2.63 bits per heavy atom. The van der Waals surface area contributed by atoms with Crippen molar-refractivity contribution in [1.82, 2.24) is 14.8 Å². The molecule has 1 unspecified atom stereocenters. The topological polar surface area (TPSA) is 97.5 Å². The number of urea groups is 1. The van der Waals surface area contributed by atoms with E-state index < -0.39 is 5.82 Å². The van der Waals surface area contributed by atoms with Crippen molar-refractivity contribution in [3.63, 3.8) is 0 Å². The molecule has 2 aromatic rings. The number of piperidine rings is 1. The van der Waals surface area contributed by atoms with Crippen molar-refractivity contribution < 1.29 is 18.8 Å². The van der Waals surface area contributed by atoms with E-state index >= 15 is 0 Å². The number of aryl methyl sites for hydroxylation is 1. The Hall–Kier alpha value is -3.62. The fourth-order valence-corrected chi connectivity index (χ4v) is 5.25. The van der Waals surface area contributed by atoms with Crippen LogP contribution in [0.15, 0.2) is 18.2 Å². The molecule has 1 atom stereocenters. The van der Waals surface area contributed by atoms with Crippen LogP contribution < -0.4 is 10.6 Å². The van der Waals surface area contributed by atoms with E-state index in [1.54, 1.807) is 17.0 Å². The Morgan fingerprint density at radius 1 is 1.11 bits per heavy atom. The Morgan fingerprint density at radius 2 is 1.86 bits per heavy atom. The summed E-state index contributed by atoms with van der Waals surface area (Å²) < 4.78 is 13.8. The summed E-state index contributed by atoms with van der Waals surface area (Å²) in [6.07, 6.45) is 5.30. The van der Waals surface area contributed by atoms with Crippen LogP contribution in [0.25, 0.3) is 11.6 Å². The van der Waals surface area contributed by atoms with Gasteiger partial charge in [-0.25, -0.2) is 9.18 Å². The lowest BCUT2D eigenvalue weighted by molar-refractivity contribution is -0.121. The van der Waals surface area contributed by atoms with Crippen LogP contribution in [0.1, 0.15) is 48.2 Å². The second-order valence-corrected chi connectivity index (χ2v) is 9.62. The molecule has 3 aliphatic rings. The first-order valence-corrected chi connectivity index (χ1v) is 12.2. The molecular formula is C26H30FN5O3. The van der Waals surface area contributed by atoms with Crippen molar-refractivity contribution in [3.05, 3.63) is 46.5 Å². The number of carbonyl (C=O) groups excluding carboxylic acids is 3. The van der Waals surface area contributed by atoms with Gasteiger partial charge in [0.05, 0.1) is 17.2 Å². The number of H-pyrrole nitrogens is 1. The Bertz CT molecular complexity index is 1230. The van der Waals surface area contributed by atoms with E-state index in [2.05, 4.69) is 15.6 Å². The van der Waals surface area contributed by atoms with Gasteiger partial charge in [-0.05, 0) is 69.4 Å². The SMILES string of the molecule is Cc1[nH]c(/C=C2\C(=O)Nc3ccc(F)cc32)c(C)c1NC(=O)C1CCCN(C(=O)N2CCCC2)C1. The molecule has 3 aliphatic heterocycles. The molecule has 8 nitrogen and oxygen atoms in total. The minimum atomic E-state index is -0.414. The number of aromatic nitrogens is 1. The van der Waals surface area contributed by atoms with Crippen LogP contribution in [0, 0.1) is 25.6 Å². The summed E-state index contributed by atoms with van der Waals surface area (Å²) in [5.74, 6) is -1.10. The van der Waals surface area contributed by atoms with Gasteiger partial charge in [-0.1, -0.05) is 0 Å². The molecule has 9 heteroatoms. The molecule has 184 valence electrons. The van der Waals surface area contributed by atoms with Crippen molar-refractivity contribution >= 4 is 40.9 Å². The second kappa shape index (κ2) is 9.20. The van der Waals surface area contributed by atoms with Crippen LogP contribution in [0.3, 0.4) is 0 Å². The standard InChI is InChI=1S/C26H30FN5O3/c1-15-22(13-20-19-12-18(27)7-8-21(19)29-25(20)34)28-16(2)23(15)30-24(33)17-6-5-11-32(14-17)26(35)31-9-3-4-10-31/h7-8,12-13,17,28H,3-6,9-11,14H2,1-2H3,(H,29,34)(H,30,33)/b20-13-. The van der Waals surface area contributed by atoms with Crippen LogP contribution in [0.4, 0.5) is 20.6 Å². The number of hydrogen-bond acceptors (Lipinski definition) is 3. The molecule has 2 saturated heterocycles. The second-order valence-electron chi connectivity index (χ2n) is 9.62. The summed E-state index contributed by atoms with van der Waals surface area (Å²) >= 11 is 0. The van der Waals surface area contributed by atoms with E-state index in [0.717, 1.165) is 50.0 Å². The van der Waals surface area contributed by atoms with Gasteiger partial charge in [0.2, 0.25) is 5.91 Å². The number of aromatic amines is 1. The summed E-state index contributed by atoms with van der Waals surface area (Å²) in [6, 6.07) is 4.23. The molecule has 0 bridgehead atoms. The molecule has 1 aromatic heterocycles. The van der Waals surface area contributed by atoms with E-state index in [9.17, 15) is 18.8 Å². The molecule has 0 aliphatic carbocycles. The molecule has 3 N–H and O–H groups in total. The molecule has 0 spiro atoms. The van der Waals surface area contributed by atoms with Crippen molar-refractivity contribution in [1.29, 1.82) is 0 Å². The van der Waals surface area contributed by atoms with E-state index in [-0.39, 0.29) is 23.8 Å². The van der Waals surface area contributed by atoms with Gasteiger partial charge in [0.25, 0.3) is 5.91 Å². The first-order chi connectivity index (χ1) is 16.8. The average Bonchev–Trinajstić information content (AvgIpc) is 3.55. The highest BCUT2D eigenvalue weighted by Gasteiger charge is 2.32. The third-order valence-corrected chi connectivity index (χ3v) is 7.22. The van der Waals surface area contributed by atoms with Crippen molar-refractivity contribution in [2.24, 2.45) is 5.92 Å². The largest absolute Gasteiger partial charge is 0.357 e. The van der Waals surface area contributed by atoms with Crippen LogP contribution in [-0.2, 0) is 9.59 Å². The number of nitrogens with zero attached hydrogens (tertiary/aromatic N) is 2. The van der Waals surface area contributed by atoms with Crippen LogP contribution >= 0.6 is 0 Å². The predicted octanol–water partition coefficient (Wildman–Crippen LogP) is 4.13. The maximum atomic E-state index is 13.8. The quantitative estimate of drug-likeness (QED) is 0.578. The zero-order valence-corrected chi connectivity index (χ0v) is 20.0. The van der Waals surface area contributed by atoms with Gasteiger partial charge in [-0.2, -0.15) is 0 Å². The van der Waals surface area contributed by atoms with Crippen LogP contribution in [-0.4, -0.2) is 58.8 Å². The zero-order valence-electron chi connectivity index (χ0n) is 20.0. The molecule has 0 radical (unpaired) electrons. The molecular weight excluding hydrogens is 449 g/mol. The first kappa shape index (κ1) is 23.1. The smallest absolute Gasteiger partial charge is 0.320 e. The first-order valence-electron chi connectivity index (χ1n) is 12.2. The Balaban J connectivity index is 1.32. The fraction of sp³-hybridized carbons (Fsp3) is 0.423. The van der Waals surface area contributed by atoms with E-state index in [0.29, 0.717) is 41.3 Å². The van der Waals surface area contributed by atoms with Gasteiger partial charge in [0, 0.05) is 48.8 Å². The number of amides is 4. The minimum Gasteiger partial charge on any atom is -0.357 e. The van der Waals surface area contributed by atoms with Crippen molar-refractivity contribution in [3.8, 4) is 0 Å². The average molecular weight is 480 g/mol. The van der Waals surface area contributed by atoms with Crippen molar-refractivity contribution in [2.75, 3.05) is 36.8 Å². The van der Waals surface area contributed by atoms with Crippen LogP contribution in [0.5, 0.6) is 0 Å². The van der Waals surface area contributed by atoms with Gasteiger partial charge in [-0.15, -0.1) is 0 Å². The number of rotatable bonds is 3. The number of fused-ring (bicyclic) bond motifs is 1. The molecule has 5 rings (SSSR count). The van der Waals surface area contributed by atoms with E-state index in [1.165, 1.54) is 12.1 Å². The third-order valence-electron chi connectivity index (χ3n) is 7.22. The summed E-state index contributed by atoms with van der Waals surface area (Å²) in [7, 11) is 0. The summed E-state index contributed by atoms with van der Waals surface area (Å²) in [5, 5.41) is 5.80. The summed E-state index contributed by atoms with van der Waals surface area (Å²) in [5.41, 5.74) is 4.35. The third kappa shape index (κ3) is 4.42. The fourth-order valence-electron chi connectivity index (χ4n) is 5.25. The number of likely N-dealkylation sites (tertiary alicyclic amines) is 2. The van der Waals surface area contributed by atoms with E-state index in [4.69, 9.17) is 0 Å². The molecule has 2 fully saturated rings. The van der Waals surface area contributed by atoms with Crippen molar-refractivity contribution in [2.45, 2.75) is 39.5 Å². The molecule has 4 amide bonds. The number of halogens is 1. The lowest BCUT2D eigenvalue weighted by atomic mass is 9.97. The Kier molecular flexibility index (Phi) is 6.08. The van der Waals surface area contributed by atoms with Gasteiger partial charge in [0.1, 0.15) is 5.82 Å². The minimum absolute atomic E-state index is 0.0366. The number of benzene rings is 1. The highest BCUT2D eigenvalue weighted by molar-refractivity contribution is 6.34. The number of hydrogen-bond donors (Lipinski definition) is 3. The van der Waals surface area contributed by atoms with E-state index in [1.807, 2.05) is 18.7 Å². The molecule has 4 heterocycles. The molecule has 35 heavy (non-hydrogen) atoms. The van der Waals surface area contributed by atoms with Gasteiger partial charge >= 0.3 is 6.03 Å². The lowest BCUT2D eigenvalue weighted by Crippen LogP contribution is -2.48. The van der Waals surface area contributed by atoms with Gasteiger partial charge < -0.3 is 25.4 Å². The Labute approximate surface area is 203 Å². The normalized spacial score (nSPS) is 20.8. The van der Waals surface area contributed by atoms with Gasteiger partial charge in [0.15, 0.2) is 0 Å².